The third kappa shape index (κ3) is 4.89. The largest absolute Gasteiger partial charge is 0.423 e. The number of hydrogen-bond acceptors (Lipinski definition) is 2. The Hall–Kier alpha value is -2.57. The van der Waals surface area contributed by atoms with E-state index in [2.05, 4.69) is 71.1 Å². The summed E-state index contributed by atoms with van der Waals surface area (Å²) in [6.07, 6.45) is 0. The number of halogens is 1. The number of carbonyl (C=O) groups is 1. The van der Waals surface area contributed by atoms with Crippen LogP contribution in [-0.4, -0.2) is 5.97 Å². The minimum Gasteiger partial charge on any atom is -0.423 e. The third-order valence-corrected chi connectivity index (χ3v) is 7.26. The van der Waals surface area contributed by atoms with Crippen molar-refractivity contribution in [2.24, 2.45) is 0 Å². The first kappa shape index (κ1) is 19.7. The molecule has 0 aliphatic carbocycles. The maximum absolute atomic E-state index is 12.4. The summed E-state index contributed by atoms with van der Waals surface area (Å²) in [7, 11) is -0.216. The lowest BCUT2D eigenvalue weighted by Gasteiger charge is -2.09. The van der Waals surface area contributed by atoms with E-state index < -0.39 is 0 Å². The number of esters is 1. The van der Waals surface area contributed by atoms with E-state index in [-0.39, 0.29) is 16.9 Å². The molecule has 0 aliphatic heterocycles. The number of ether oxygens (including phenoxy) is 1. The zero-order chi connectivity index (χ0) is 20.1. The Morgan fingerprint density at radius 2 is 1.10 bits per heavy atom. The zero-order valence-corrected chi connectivity index (χ0v) is 18.5. The fraction of sp³-hybridized carbons (Fsp3) is 0. The van der Waals surface area contributed by atoms with Gasteiger partial charge < -0.3 is 4.74 Å². The number of carbonyl (C=O) groups excluding carboxylic acids is 1. The van der Waals surface area contributed by atoms with Gasteiger partial charge in [-0.15, -0.1) is 0 Å². The van der Waals surface area contributed by atoms with Crippen molar-refractivity contribution >= 4 is 39.5 Å². The molecule has 0 aliphatic rings. The Morgan fingerprint density at radius 3 is 1.62 bits per heavy atom. The molecule has 4 aromatic rings. The van der Waals surface area contributed by atoms with Gasteiger partial charge in [-0.1, -0.05) is 36.4 Å². The molecule has 142 valence electrons. The molecule has 0 atom stereocenters. The normalized spacial score (nSPS) is 10.7. The first-order valence-corrected chi connectivity index (χ1v) is 11.4. The van der Waals surface area contributed by atoms with Gasteiger partial charge in [0.05, 0.1) is 16.5 Å². The van der Waals surface area contributed by atoms with E-state index in [0.29, 0.717) is 11.3 Å². The maximum Gasteiger partial charge on any atom is 0.343 e. The lowest BCUT2D eigenvalue weighted by Crippen LogP contribution is -2.09. The molecule has 0 N–H and O–H groups in total. The highest BCUT2D eigenvalue weighted by atomic mass is 127. The van der Waals surface area contributed by atoms with Gasteiger partial charge in [0.2, 0.25) is 0 Å². The lowest BCUT2D eigenvalue weighted by molar-refractivity contribution is 0.0734. The van der Waals surface area contributed by atoms with Crippen LogP contribution in [0.4, 0.5) is 0 Å². The van der Waals surface area contributed by atoms with Crippen LogP contribution in [0.15, 0.2) is 124 Å². The quantitative estimate of drug-likeness (QED) is 0.131. The van der Waals surface area contributed by atoms with Crippen LogP contribution in [0.25, 0.3) is 0 Å². The zero-order valence-electron chi connectivity index (χ0n) is 15.5. The molecule has 4 rings (SSSR count). The third-order valence-electron chi connectivity index (χ3n) is 4.31. The highest BCUT2D eigenvalue weighted by Gasteiger charge is 2.28. The SMILES string of the molecule is O=C(Oc1ccc([S+](c2ccccc2)c2ccccc2)cc1)c1ccc(I)cc1. The van der Waals surface area contributed by atoms with E-state index in [0.717, 1.165) is 3.57 Å². The summed E-state index contributed by atoms with van der Waals surface area (Å²) in [5.74, 6) is 0.196. The molecule has 0 saturated heterocycles. The van der Waals surface area contributed by atoms with Gasteiger partial charge in [-0.05, 0) is 95.4 Å². The second-order valence-corrected chi connectivity index (χ2v) is 9.57. The minimum atomic E-state index is -0.348. The van der Waals surface area contributed by atoms with Gasteiger partial charge in [0, 0.05) is 3.57 Å². The summed E-state index contributed by atoms with van der Waals surface area (Å²) in [6, 6.07) is 36.1. The molecule has 0 fully saturated rings. The standard InChI is InChI=1S/C25H18IO2S/c26-20-13-11-19(12-14-20)25(27)28-21-15-17-24(18-16-21)29(22-7-3-1-4-8-22)23-9-5-2-6-10-23/h1-18H/q+1. The Kier molecular flexibility index (Phi) is 6.32. The molecule has 0 bridgehead atoms. The van der Waals surface area contributed by atoms with E-state index in [4.69, 9.17) is 4.74 Å². The Balaban J connectivity index is 1.59. The van der Waals surface area contributed by atoms with Crippen molar-refractivity contribution in [3.05, 3.63) is 118 Å². The second kappa shape index (κ2) is 9.29. The molecule has 0 heterocycles. The molecule has 0 saturated carbocycles. The van der Waals surface area contributed by atoms with Crippen molar-refractivity contribution in [2.45, 2.75) is 14.7 Å². The van der Waals surface area contributed by atoms with Crippen LogP contribution in [0.2, 0.25) is 0 Å². The van der Waals surface area contributed by atoms with E-state index >= 15 is 0 Å². The van der Waals surface area contributed by atoms with Gasteiger partial charge in [0.1, 0.15) is 5.75 Å². The van der Waals surface area contributed by atoms with Crippen molar-refractivity contribution in [3.63, 3.8) is 0 Å². The van der Waals surface area contributed by atoms with Gasteiger partial charge in [-0.3, -0.25) is 0 Å². The fourth-order valence-corrected chi connectivity index (χ4v) is 5.36. The van der Waals surface area contributed by atoms with Crippen LogP contribution in [-0.2, 0) is 10.9 Å². The molecule has 0 radical (unpaired) electrons. The van der Waals surface area contributed by atoms with Crippen LogP contribution < -0.4 is 4.74 Å². The predicted molar refractivity (Wildman–Crippen MR) is 126 cm³/mol. The summed E-state index contributed by atoms with van der Waals surface area (Å²) in [5.41, 5.74) is 0.544. The van der Waals surface area contributed by atoms with Gasteiger partial charge in [0.25, 0.3) is 0 Å². The van der Waals surface area contributed by atoms with Crippen LogP contribution in [0.3, 0.4) is 0 Å². The lowest BCUT2D eigenvalue weighted by atomic mass is 10.2. The molecule has 2 nitrogen and oxygen atoms in total. The molecular weight excluding hydrogens is 491 g/mol. The molecule has 0 unspecified atom stereocenters. The van der Waals surface area contributed by atoms with E-state index in [1.54, 1.807) is 12.1 Å². The predicted octanol–water partition coefficient (Wildman–Crippen LogP) is 6.61. The Bertz CT molecular complexity index is 1040. The van der Waals surface area contributed by atoms with Crippen molar-refractivity contribution in [3.8, 4) is 5.75 Å². The van der Waals surface area contributed by atoms with Crippen LogP contribution in [0, 0.1) is 3.57 Å². The molecule has 0 spiro atoms. The monoisotopic (exact) mass is 509 g/mol. The molecule has 0 amide bonds. The summed E-state index contributed by atoms with van der Waals surface area (Å²) in [6.45, 7) is 0. The van der Waals surface area contributed by atoms with Crippen molar-refractivity contribution in [1.29, 1.82) is 0 Å². The van der Waals surface area contributed by atoms with Gasteiger partial charge in [-0.2, -0.15) is 0 Å². The highest BCUT2D eigenvalue weighted by Crippen LogP contribution is 2.32. The van der Waals surface area contributed by atoms with E-state index in [9.17, 15) is 4.79 Å². The van der Waals surface area contributed by atoms with E-state index in [1.807, 2.05) is 48.5 Å². The smallest absolute Gasteiger partial charge is 0.343 e. The topological polar surface area (TPSA) is 26.3 Å². The first-order chi connectivity index (χ1) is 14.2. The molecular formula is C25H18IO2S+. The van der Waals surface area contributed by atoms with E-state index in [1.165, 1.54) is 14.7 Å². The maximum atomic E-state index is 12.4. The molecule has 4 aromatic carbocycles. The molecule has 29 heavy (non-hydrogen) atoms. The second-order valence-electron chi connectivity index (χ2n) is 6.30. The number of hydrogen-bond donors (Lipinski definition) is 0. The van der Waals surface area contributed by atoms with Gasteiger partial charge in [0.15, 0.2) is 14.7 Å². The first-order valence-electron chi connectivity index (χ1n) is 9.13. The van der Waals surface area contributed by atoms with Crippen LogP contribution in [0.5, 0.6) is 5.75 Å². The Morgan fingerprint density at radius 1 is 0.621 bits per heavy atom. The van der Waals surface area contributed by atoms with Gasteiger partial charge in [-0.25, -0.2) is 4.79 Å². The van der Waals surface area contributed by atoms with Gasteiger partial charge >= 0.3 is 5.97 Å². The Labute approximate surface area is 187 Å². The highest BCUT2D eigenvalue weighted by molar-refractivity contribution is 14.1. The average molecular weight is 509 g/mol. The summed E-state index contributed by atoms with van der Waals surface area (Å²) >= 11 is 2.21. The van der Waals surface area contributed by atoms with Crippen molar-refractivity contribution < 1.29 is 9.53 Å². The number of benzene rings is 4. The van der Waals surface area contributed by atoms with Crippen molar-refractivity contribution in [1.82, 2.24) is 0 Å². The minimum absolute atomic E-state index is 0.216. The van der Waals surface area contributed by atoms with Crippen LogP contribution in [0.1, 0.15) is 10.4 Å². The molecule has 4 heteroatoms. The van der Waals surface area contributed by atoms with Crippen LogP contribution >= 0.6 is 22.6 Å². The summed E-state index contributed by atoms with van der Waals surface area (Å²) in [4.78, 5) is 16.0. The summed E-state index contributed by atoms with van der Waals surface area (Å²) in [5, 5.41) is 0. The average Bonchev–Trinajstić information content (AvgIpc) is 2.77. The molecule has 0 aromatic heterocycles. The summed E-state index contributed by atoms with van der Waals surface area (Å²) < 4.78 is 6.63. The number of rotatable bonds is 5. The van der Waals surface area contributed by atoms with Crippen molar-refractivity contribution in [2.75, 3.05) is 0 Å². The fourth-order valence-electron chi connectivity index (χ4n) is 2.92.